The molecule has 0 spiro atoms. The van der Waals surface area contributed by atoms with Crippen molar-refractivity contribution >= 4 is 11.2 Å². The minimum atomic E-state index is -1.14. The molecule has 3 rings (SSSR count). The van der Waals surface area contributed by atoms with Crippen molar-refractivity contribution in [3.63, 3.8) is 0 Å². The predicted octanol–water partition coefficient (Wildman–Crippen LogP) is -1.49. The number of nitrogens with zero attached hydrogens (tertiary/aromatic N) is 3. The van der Waals surface area contributed by atoms with Crippen LogP contribution in [0, 0.1) is 0 Å². The highest BCUT2D eigenvalue weighted by Gasteiger charge is 2.44. The summed E-state index contributed by atoms with van der Waals surface area (Å²) in [5.74, 6) is 0.355. The molecule has 0 aromatic carbocycles. The molecule has 1 aliphatic rings. The van der Waals surface area contributed by atoms with Gasteiger partial charge in [-0.1, -0.05) is 0 Å². The molecule has 0 radical (unpaired) electrons. The van der Waals surface area contributed by atoms with Crippen LogP contribution in [0.4, 0.5) is 0 Å². The van der Waals surface area contributed by atoms with Crippen molar-refractivity contribution in [1.82, 2.24) is 19.9 Å². The molecule has 2 aromatic heterocycles. The lowest BCUT2D eigenvalue weighted by atomic mass is 10.1. The molecule has 96 valence electrons. The second-order valence-corrected chi connectivity index (χ2v) is 4.14. The molecule has 1 aliphatic heterocycles. The Balaban J connectivity index is 1.95. The molecular formula is C10H12N4O4. The number of aliphatic hydroxyl groups excluding tert-OH is 3. The summed E-state index contributed by atoms with van der Waals surface area (Å²) >= 11 is 0. The summed E-state index contributed by atoms with van der Waals surface area (Å²) in [5, 5.41) is 28.5. The fraction of sp³-hybridized carbons (Fsp3) is 0.500. The molecule has 8 heteroatoms. The molecule has 8 nitrogen and oxygen atoms in total. The lowest BCUT2D eigenvalue weighted by molar-refractivity contribution is -0.0249. The average Bonchev–Trinajstić information content (AvgIpc) is 2.92. The van der Waals surface area contributed by atoms with Crippen LogP contribution in [0.5, 0.6) is 0 Å². The van der Waals surface area contributed by atoms with Crippen LogP contribution < -0.4 is 0 Å². The van der Waals surface area contributed by atoms with E-state index in [-0.39, 0.29) is 6.61 Å². The zero-order chi connectivity index (χ0) is 12.7. The lowest BCUT2D eigenvalue weighted by Crippen LogP contribution is -2.32. The van der Waals surface area contributed by atoms with E-state index in [1.807, 2.05) is 0 Å². The maximum atomic E-state index is 9.86. The van der Waals surface area contributed by atoms with Crippen LogP contribution in [0.15, 0.2) is 12.5 Å². The van der Waals surface area contributed by atoms with Crippen LogP contribution in [-0.2, 0) is 4.74 Å². The number of H-pyrrole nitrogens is 1. The van der Waals surface area contributed by atoms with Gasteiger partial charge in [0.2, 0.25) is 0 Å². The number of fused-ring (bicyclic) bond motifs is 1. The molecule has 3 heterocycles. The van der Waals surface area contributed by atoms with Gasteiger partial charge in [-0.25, -0.2) is 15.0 Å². The maximum Gasteiger partial charge on any atom is 0.180 e. The summed E-state index contributed by atoms with van der Waals surface area (Å²) < 4.78 is 5.36. The first-order chi connectivity index (χ1) is 8.70. The third-order valence-corrected chi connectivity index (χ3v) is 2.99. The Morgan fingerprint density at radius 3 is 2.83 bits per heavy atom. The van der Waals surface area contributed by atoms with Crippen molar-refractivity contribution in [2.45, 2.75) is 24.4 Å². The van der Waals surface area contributed by atoms with E-state index in [1.165, 1.54) is 6.33 Å². The zero-order valence-corrected chi connectivity index (χ0v) is 9.26. The van der Waals surface area contributed by atoms with E-state index in [0.29, 0.717) is 17.0 Å². The number of ether oxygens (including phenoxy) is 1. The average molecular weight is 252 g/mol. The summed E-state index contributed by atoms with van der Waals surface area (Å²) in [5.41, 5.74) is 1.07. The summed E-state index contributed by atoms with van der Waals surface area (Å²) in [6.07, 6.45) is -0.990. The number of imidazole rings is 1. The van der Waals surface area contributed by atoms with Gasteiger partial charge < -0.3 is 25.0 Å². The topological polar surface area (TPSA) is 124 Å². The largest absolute Gasteiger partial charge is 0.394 e. The van der Waals surface area contributed by atoms with Crippen LogP contribution in [0.25, 0.3) is 11.2 Å². The molecule has 0 saturated carbocycles. The standard InChI is InChI=1S/C10H12N4O4/c15-2-5-6(16)7(17)8(18-5)10-13-4-1-11-3-12-9(4)14-10/h1,3,5-8,15-17H,2H2,(H,11,12,13,14)/t5-,6-,7+,8-/m1/s1. The van der Waals surface area contributed by atoms with Crippen LogP contribution in [0.2, 0.25) is 0 Å². The molecule has 0 bridgehead atoms. The maximum absolute atomic E-state index is 9.86. The predicted molar refractivity (Wildman–Crippen MR) is 58.4 cm³/mol. The summed E-state index contributed by atoms with van der Waals surface area (Å²) in [7, 11) is 0. The Bertz CT molecular complexity index is 527. The van der Waals surface area contributed by atoms with Gasteiger partial charge in [0.1, 0.15) is 42.1 Å². The van der Waals surface area contributed by atoms with Gasteiger partial charge in [-0.05, 0) is 0 Å². The van der Waals surface area contributed by atoms with Gasteiger partial charge in [-0.2, -0.15) is 0 Å². The van der Waals surface area contributed by atoms with Crippen LogP contribution in [0.1, 0.15) is 11.9 Å². The molecule has 0 amide bonds. The Labute approximate surface area is 101 Å². The molecule has 0 unspecified atom stereocenters. The van der Waals surface area contributed by atoms with Gasteiger partial charge in [0, 0.05) is 0 Å². The normalized spacial score (nSPS) is 32.2. The second-order valence-electron chi connectivity index (χ2n) is 4.14. The highest BCUT2D eigenvalue weighted by atomic mass is 16.6. The van der Waals surface area contributed by atoms with E-state index in [1.54, 1.807) is 6.20 Å². The van der Waals surface area contributed by atoms with E-state index < -0.39 is 24.4 Å². The quantitative estimate of drug-likeness (QED) is 0.513. The summed E-state index contributed by atoms with van der Waals surface area (Å²) in [6.45, 7) is -0.366. The number of aliphatic hydroxyl groups is 3. The van der Waals surface area contributed by atoms with Crippen LogP contribution in [-0.4, -0.2) is 60.2 Å². The van der Waals surface area contributed by atoms with Crippen molar-refractivity contribution in [3.8, 4) is 0 Å². The monoisotopic (exact) mass is 252 g/mol. The Morgan fingerprint density at radius 1 is 1.33 bits per heavy atom. The second kappa shape index (κ2) is 4.25. The molecular weight excluding hydrogens is 240 g/mol. The van der Waals surface area contributed by atoms with Crippen molar-refractivity contribution in [2.75, 3.05) is 6.61 Å². The van der Waals surface area contributed by atoms with Gasteiger partial charge in [0.15, 0.2) is 5.65 Å². The van der Waals surface area contributed by atoms with Gasteiger partial charge in [0.25, 0.3) is 0 Å². The van der Waals surface area contributed by atoms with E-state index in [0.717, 1.165) is 0 Å². The van der Waals surface area contributed by atoms with E-state index >= 15 is 0 Å². The number of aromatic nitrogens is 4. The van der Waals surface area contributed by atoms with Crippen LogP contribution >= 0.6 is 0 Å². The minimum absolute atomic E-state index is 0.355. The van der Waals surface area contributed by atoms with Crippen molar-refractivity contribution in [2.24, 2.45) is 0 Å². The lowest BCUT2D eigenvalue weighted by Gasteiger charge is -2.11. The molecule has 0 aliphatic carbocycles. The van der Waals surface area contributed by atoms with Crippen molar-refractivity contribution < 1.29 is 20.1 Å². The smallest absolute Gasteiger partial charge is 0.180 e. The number of nitrogens with one attached hydrogen (secondary N) is 1. The fourth-order valence-corrected chi connectivity index (χ4v) is 2.04. The zero-order valence-electron chi connectivity index (χ0n) is 9.26. The van der Waals surface area contributed by atoms with Crippen molar-refractivity contribution in [1.29, 1.82) is 0 Å². The van der Waals surface area contributed by atoms with Crippen LogP contribution in [0.3, 0.4) is 0 Å². The Hall–Kier alpha value is -1.61. The highest BCUT2D eigenvalue weighted by Crippen LogP contribution is 2.32. The first-order valence-corrected chi connectivity index (χ1v) is 5.49. The molecule has 2 aromatic rings. The van der Waals surface area contributed by atoms with E-state index in [9.17, 15) is 10.2 Å². The molecule has 1 fully saturated rings. The number of aromatic amines is 1. The third kappa shape index (κ3) is 1.66. The van der Waals surface area contributed by atoms with Crippen molar-refractivity contribution in [3.05, 3.63) is 18.3 Å². The van der Waals surface area contributed by atoms with E-state index in [4.69, 9.17) is 9.84 Å². The fourth-order valence-electron chi connectivity index (χ4n) is 2.04. The minimum Gasteiger partial charge on any atom is -0.394 e. The Kier molecular flexibility index (Phi) is 2.71. The first kappa shape index (κ1) is 11.5. The Morgan fingerprint density at radius 2 is 2.17 bits per heavy atom. The molecule has 1 saturated heterocycles. The molecule has 4 atom stereocenters. The summed E-state index contributed by atoms with van der Waals surface area (Å²) in [4.78, 5) is 14.9. The van der Waals surface area contributed by atoms with Gasteiger partial charge >= 0.3 is 0 Å². The number of hydrogen-bond acceptors (Lipinski definition) is 7. The first-order valence-electron chi connectivity index (χ1n) is 5.49. The highest BCUT2D eigenvalue weighted by molar-refractivity contribution is 5.68. The van der Waals surface area contributed by atoms with E-state index in [2.05, 4.69) is 19.9 Å². The molecule has 18 heavy (non-hydrogen) atoms. The summed E-state index contributed by atoms with van der Waals surface area (Å²) in [6, 6.07) is 0. The van der Waals surface area contributed by atoms with Gasteiger partial charge in [-0.3, -0.25) is 0 Å². The third-order valence-electron chi connectivity index (χ3n) is 2.99. The number of rotatable bonds is 2. The SMILES string of the molecule is OC[C@H]1O[C@@H](c2nc3ncncc3[nH]2)[C@@H](O)[C@@H]1O. The van der Waals surface area contributed by atoms with Gasteiger partial charge in [-0.15, -0.1) is 0 Å². The van der Waals surface area contributed by atoms with Gasteiger partial charge in [0.05, 0.1) is 12.8 Å². The number of hydrogen-bond donors (Lipinski definition) is 4. The molecule has 4 N–H and O–H groups in total.